The summed E-state index contributed by atoms with van der Waals surface area (Å²) in [6.45, 7) is 0. The van der Waals surface area contributed by atoms with Crippen LogP contribution in [0.4, 0.5) is 17.1 Å². The van der Waals surface area contributed by atoms with E-state index in [1.165, 1.54) is 30.3 Å². The van der Waals surface area contributed by atoms with Crippen molar-refractivity contribution in [1.82, 2.24) is 0 Å². The number of hydrogen-bond donors (Lipinski definition) is 3. The molecular formula is C23H13N3O9. The highest BCUT2D eigenvalue weighted by Crippen LogP contribution is 2.31. The lowest BCUT2D eigenvalue weighted by Gasteiger charge is -2.14. The standard InChI is InChI=1S/C23H13N3O9/c27-19(24-14-8-12(22(30)31)7-13(9-14)23(32)33)11-1-3-15(4-2-11)25-20(28)17-6-5-16(26(34)35)10-18(17)21(25)29/h1-10H,(H,24,27)(H,30,31)(H,32,33). The highest BCUT2D eigenvalue weighted by Gasteiger charge is 2.37. The number of carboxylic acid groups (broad SMARTS) is 2. The van der Waals surface area contributed by atoms with Crippen LogP contribution in [0.2, 0.25) is 0 Å². The average Bonchev–Trinajstić information content (AvgIpc) is 3.08. The van der Waals surface area contributed by atoms with E-state index in [0.29, 0.717) is 0 Å². The fourth-order valence-electron chi connectivity index (χ4n) is 3.49. The van der Waals surface area contributed by atoms with Gasteiger partial charge < -0.3 is 15.5 Å². The molecule has 0 atom stereocenters. The first-order chi connectivity index (χ1) is 16.6. The number of amides is 3. The average molecular weight is 475 g/mol. The molecule has 0 radical (unpaired) electrons. The molecule has 0 saturated carbocycles. The molecule has 1 aliphatic heterocycles. The van der Waals surface area contributed by atoms with E-state index >= 15 is 0 Å². The van der Waals surface area contributed by atoms with Gasteiger partial charge in [0.25, 0.3) is 23.4 Å². The van der Waals surface area contributed by atoms with Crippen molar-refractivity contribution >= 4 is 46.7 Å². The second kappa shape index (κ2) is 8.51. The summed E-state index contributed by atoms with van der Waals surface area (Å²) >= 11 is 0. The molecule has 3 aromatic rings. The number of fused-ring (bicyclic) bond motifs is 1. The number of nitrogens with one attached hydrogen (secondary N) is 1. The molecule has 3 N–H and O–H groups in total. The maximum atomic E-state index is 12.7. The molecule has 0 unspecified atom stereocenters. The van der Waals surface area contributed by atoms with Crippen LogP contribution in [0.25, 0.3) is 0 Å². The first-order valence-electron chi connectivity index (χ1n) is 9.77. The highest BCUT2D eigenvalue weighted by atomic mass is 16.6. The van der Waals surface area contributed by atoms with Crippen molar-refractivity contribution in [2.24, 2.45) is 0 Å². The zero-order valence-electron chi connectivity index (χ0n) is 17.4. The number of aromatic carboxylic acids is 2. The van der Waals surface area contributed by atoms with Crippen LogP contribution in [0, 0.1) is 10.1 Å². The molecule has 12 heteroatoms. The predicted molar refractivity (Wildman–Crippen MR) is 119 cm³/mol. The van der Waals surface area contributed by atoms with Gasteiger partial charge in [-0.15, -0.1) is 0 Å². The summed E-state index contributed by atoms with van der Waals surface area (Å²) in [5.41, 5.74) is -0.971. The van der Waals surface area contributed by atoms with Crippen LogP contribution >= 0.6 is 0 Å². The van der Waals surface area contributed by atoms with Crippen molar-refractivity contribution in [2.45, 2.75) is 0 Å². The summed E-state index contributed by atoms with van der Waals surface area (Å²) in [6, 6.07) is 11.7. The van der Waals surface area contributed by atoms with Gasteiger partial charge in [0.15, 0.2) is 0 Å². The van der Waals surface area contributed by atoms with Crippen LogP contribution in [-0.4, -0.2) is 44.8 Å². The Morgan fingerprint density at radius 2 is 1.34 bits per heavy atom. The van der Waals surface area contributed by atoms with Crippen LogP contribution in [-0.2, 0) is 0 Å². The molecule has 35 heavy (non-hydrogen) atoms. The number of carbonyl (C=O) groups is 5. The summed E-state index contributed by atoms with van der Waals surface area (Å²) in [7, 11) is 0. The minimum absolute atomic E-state index is 0.00923. The Bertz CT molecular complexity index is 1430. The summed E-state index contributed by atoms with van der Waals surface area (Å²) < 4.78 is 0. The molecule has 0 saturated heterocycles. The number of benzene rings is 3. The van der Waals surface area contributed by atoms with E-state index in [-0.39, 0.29) is 44.9 Å². The van der Waals surface area contributed by atoms with Gasteiger partial charge in [0.2, 0.25) is 0 Å². The zero-order valence-corrected chi connectivity index (χ0v) is 17.4. The quantitative estimate of drug-likeness (QED) is 0.274. The van der Waals surface area contributed by atoms with Crippen LogP contribution < -0.4 is 10.2 Å². The molecule has 3 amide bonds. The largest absolute Gasteiger partial charge is 0.478 e. The Kier molecular flexibility index (Phi) is 5.54. The van der Waals surface area contributed by atoms with Gasteiger partial charge in [-0.2, -0.15) is 0 Å². The van der Waals surface area contributed by atoms with Crippen LogP contribution in [0.15, 0.2) is 60.7 Å². The zero-order chi connectivity index (χ0) is 25.4. The molecule has 4 rings (SSSR count). The Balaban J connectivity index is 1.57. The molecule has 1 aliphatic rings. The van der Waals surface area contributed by atoms with Gasteiger partial charge in [0.05, 0.1) is 32.9 Å². The number of carbonyl (C=O) groups excluding carboxylic acids is 3. The smallest absolute Gasteiger partial charge is 0.335 e. The minimum Gasteiger partial charge on any atom is -0.478 e. The van der Waals surface area contributed by atoms with E-state index in [0.717, 1.165) is 35.2 Å². The van der Waals surface area contributed by atoms with Crippen molar-refractivity contribution in [2.75, 3.05) is 10.2 Å². The SMILES string of the molecule is O=C(O)c1cc(NC(=O)c2ccc(N3C(=O)c4ccc([N+](=O)[O-])cc4C3=O)cc2)cc(C(=O)O)c1. The number of anilines is 2. The van der Waals surface area contributed by atoms with Crippen molar-refractivity contribution in [3.63, 3.8) is 0 Å². The molecule has 0 aliphatic carbocycles. The first kappa shape index (κ1) is 22.8. The van der Waals surface area contributed by atoms with Crippen LogP contribution in [0.1, 0.15) is 51.8 Å². The Morgan fingerprint density at radius 3 is 1.89 bits per heavy atom. The third-order valence-electron chi connectivity index (χ3n) is 5.15. The molecular weight excluding hydrogens is 462 g/mol. The number of rotatable bonds is 6. The monoisotopic (exact) mass is 475 g/mol. The highest BCUT2D eigenvalue weighted by molar-refractivity contribution is 6.34. The van der Waals surface area contributed by atoms with E-state index in [4.69, 9.17) is 10.2 Å². The van der Waals surface area contributed by atoms with Crippen molar-refractivity contribution in [3.8, 4) is 0 Å². The van der Waals surface area contributed by atoms with Gasteiger partial charge in [0, 0.05) is 23.4 Å². The molecule has 0 fully saturated rings. The topological polar surface area (TPSA) is 184 Å². The van der Waals surface area contributed by atoms with Gasteiger partial charge in [-0.3, -0.25) is 24.5 Å². The molecule has 174 valence electrons. The molecule has 1 heterocycles. The Labute approximate surface area is 195 Å². The lowest BCUT2D eigenvalue weighted by Crippen LogP contribution is -2.29. The van der Waals surface area contributed by atoms with E-state index in [1.54, 1.807) is 0 Å². The van der Waals surface area contributed by atoms with Gasteiger partial charge >= 0.3 is 11.9 Å². The number of nitro benzene ring substituents is 1. The normalized spacial score (nSPS) is 12.3. The summed E-state index contributed by atoms with van der Waals surface area (Å²) in [5, 5.41) is 31.7. The van der Waals surface area contributed by atoms with E-state index in [2.05, 4.69) is 5.32 Å². The Hall–Kier alpha value is -5.39. The molecule has 0 spiro atoms. The number of non-ortho nitro benzene ring substituents is 1. The fraction of sp³-hybridized carbons (Fsp3) is 0. The lowest BCUT2D eigenvalue weighted by molar-refractivity contribution is -0.384. The second-order valence-corrected chi connectivity index (χ2v) is 7.34. The van der Waals surface area contributed by atoms with Crippen LogP contribution in [0.5, 0.6) is 0 Å². The van der Waals surface area contributed by atoms with Gasteiger partial charge in [-0.25, -0.2) is 14.5 Å². The van der Waals surface area contributed by atoms with E-state index < -0.39 is 34.6 Å². The summed E-state index contributed by atoms with van der Waals surface area (Å²) in [6.07, 6.45) is 0. The number of hydrogen-bond acceptors (Lipinski definition) is 7. The van der Waals surface area contributed by atoms with Gasteiger partial charge in [-0.05, 0) is 48.5 Å². The Morgan fingerprint density at radius 1 is 0.771 bits per heavy atom. The summed E-state index contributed by atoms with van der Waals surface area (Å²) in [5.74, 6) is -4.88. The third kappa shape index (κ3) is 4.18. The number of carboxylic acids is 2. The number of nitro groups is 1. The maximum absolute atomic E-state index is 12.7. The first-order valence-corrected chi connectivity index (χ1v) is 9.77. The molecule has 0 aromatic heterocycles. The van der Waals surface area contributed by atoms with Crippen LogP contribution in [0.3, 0.4) is 0 Å². The molecule has 12 nitrogen and oxygen atoms in total. The van der Waals surface area contributed by atoms with Crippen molar-refractivity contribution in [3.05, 3.63) is 98.6 Å². The number of nitrogens with zero attached hydrogens (tertiary/aromatic N) is 2. The summed E-state index contributed by atoms with van der Waals surface area (Å²) in [4.78, 5) is 71.6. The van der Waals surface area contributed by atoms with E-state index in [9.17, 15) is 34.1 Å². The minimum atomic E-state index is -1.38. The molecule has 3 aromatic carbocycles. The van der Waals surface area contributed by atoms with E-state index in [1.807, 2.05) is 0 Å². The predicted octanol–water partition coefficient (Wildman–Crippen LogP) is 3.04. The molecule has 0 bridgehead atoms. The van der Waals surface area contributed by atoms with Gasteiger partial charge in [-0.1, -0.05) is 0 Å². The fourth-order valence-corrected chi connectivity index (χ4v) is 3.49. The van der Waals surface area contributed by atoms with Crippen molar-refractivity contribution < 1.29 is 39.1 Å². The van der Waals surface area contributed by atoms with Gasteiger partial charge in [0.1, 0.15) is 0 Å². The lowest BCUT2D eigenvalue weighted by atomic mass is 10.1. The maximum Gasteiger partial charge on any atom is 0.335 e. The van der Waals surface area contributed by atoms with Crippen molar-refractivity contribution in [1.29, 1.82) is 0 Å². The third-order valence-corrected chi connectivity index (χ3v) is 5.15. The number of imide groups is 1. The second-order valence-electron chi connectivity index (χ2n) is 7.34.